The molecule has 1 saturated heterocycles. The zero-order valence-electron chi connectivity index (χ0n) is 18.2. The van der Waals surface area contributed by atoms with E-state index in [2.05, 4.69) is 18.4 Å². The largest absolute Gasteiger partial charge is 0.376 e. The first-order valence-electron chi connectivity index (χ1n) is 10.9. The van der Waals surface area contributed by atoms with Crippen molar-refractivity contribution < 1.29 is 14.3 Å². The van der Waals surface area contributed by atoms with Gasteiger partial charge in [0.25, 0.3) is 5.91 Å². The van der Waals surface area contributed by atoms with Crippen LogP contribution in [0.1, 0.15) is 38.5 Å². The highest BCUT2D eigenvalue weighted by Crippen LogP contribution is 2.21. The average molecular weight is 469 g/mol. The Morgan fingerprint density at radius 3 is 2.50 bits per heavy atom. The Balaban J connectivity index is 1.53. The zero-order valence-corrected chi connectivity index (χ0v) is 19.9. The molecule has 1 aromatic carbocycles. The second-order valence-electron chi connectivity index (χ2n) is 8.06. The standard InChI is InChI=1S/C25H28N2O3S2/c1-19-11-14-32-23(19)17-26(15-20-7-3-2-4-8-20)24(28)18-27(16-21-9-5-12-30-21)25(29)22-10-6-13-31-22/h2-4,6-8,10-11,13-14,21H,5,9,12,15-18H2,1H3. The smallest absolute Gasteiger partial charge is 0.264 e. The minimum Gasteiger partial charge on any atom is -0.376 e. The van der Waals surface area contributed by atoms with Crippen molar-refractivity contribution in [3.63, 3.8) is 0 Å². The van der Waals surface area contributed by atoms with E-state index in [1.54, 1.807) is 16.2 Å². The minimum atomic E-state index is -0.101. The van der Waals surface area contributed by atoms with E-state index in [9.17, 15) is 9.59 Å². The third-order valence-corrected chi connectivity index (χ3v) is 7.53. The molecule has 0 spiro atoms. The summed E-state index contributed by atoms with van der Waals surface area (Å²) in [6, 6.07) is 15.8. The maximum atomic E-state index is 13.5. The molecule has 1 aliphatic rings. The molecule has 1 aliphatic heterocycles. The molecular formula is C25H28N2O3S2. The molecule has 7 heteroatoms. The van der Waals surface area contributed by atoms with Gasteiger partial charge in [-0.25, -0.2) is 0 Å². The number of benzene rings is 1. The van der Waals surface area contributed by atoms with Crippen LogP contribution in [-0.2, 0) is 22.6 Å². The summed E-state index contributed by atoms with van der Waals surface area (Å²) in [6.45, 7) is 4.34. The molecule has 0 saturated carbocycles. The Morgan fingerprint density at radius 1 is 1.00 bits per heavy atom. The van der Waals surface area contributed by atoms with Crippen LogP contribution in [0.3, 0.4) is 0 Å². The molecule has 0 aliphatic carbocycles. The topological polar surface area (TPSA) is 49.9 Å². The van der Waals surface area contributed by atoms with E-state index in [1.807, 2.05) is 52.7 Å². The molecule has 1 unspecified atom stereocenters. The molecular weight excluding hydrogens is 440 g/mol. The van der Waals surface area contributed by atoms with Crippen molar-refractivity contribution in [1.82, 2.24) is 9.80 Å². The van der Waals surface area contributed by atoms with Gasteiger partial charge in [-0.3, -0.25) is 9.59 Å². The Kier molecular flexibility index (Phi) is 7.73. The first-order chi connectivity index (χ1) is 15.6. The number of thiophene rings is 2. The van der Waals surface area contributed by atoms with Gasteiger partial charge in [0, 0.05) is 24.6 Å². The number of ether oxygens (including phenoxy) is 1. The van der Waals surface area contributed by atoms with Gasteiger partial charge in [-0.05, 0) is 53.8 Å². The zero-order chi connectivity index (χ0) is 22.3. The van der Waals surface area contributed by atoms with Crippen molar-refractivity contribution in [3.05, 3.63) is 80.2 Å². The van der Waals surface area contributed by atoms with Crippen LogP contribution in [0.15, 0.2) is 59.3 Å². The summed E-state index contributed by atoms with van der Waals surface area (Å²) in [4.78, 5) is 32.1. The lowest BCUT2D eigenvalue weighted by atomic mass is 10.2. The molecule has 2 aromatic heterocycles. The predicted molar refractivity (Wildman–Crippen MR) is 129 cm³/mol. The van der Waals surface area contributed by atoms with E-state index in [1.165, 1.54) is 21.8 Å². The lowest BCUT2D eigenvalue weighted by Crippen LogP contribution is -2.45. The fraction of sp³-hybridized carbons (Fsp3) is 0.360. The fourth-order valence-corrected chi connectivity index (χ4v) is 5.46. The number of aryl methyl sites for hydroxylation is 1. The van der Waals surface area contributed by atoms with Gasteiger partial charge in [-0.15, -0.1) is 22.7 Å². The van der Waals surface area contributed by atoms with Gasteiger partial charge >= 0.3 is 0 Å². The summed E-state index contributed by atoms with van der Waals surface area (Å²) in [5.41, 5.74) is 2.26. The highest BCUT2D eigenvalue weighted by Gasteiger charge is 2.27. The molecule has 0 bridgehead atoms. The van der Waals surface area contributed by atoms with Crippen LogP contribution in [0.4, 0.5) is 0 Å². The second-order valence-corrected chi connectivity index (χ2v) is 10.0. The summed E-state index contributed by atoms with van der Waals surface area (Å²) in [6.07, 6.45) is 1.91. The second kappa shape index (κ2) is 10.9. The first kappa shape index (κ1) is 22.7. The van der Waals surface area contributed by atoms with Gasteiger partial charge in [-0.1, -0.05) is 36.4 Å². The van der Waals surface area contributed by atoms with Crippen molar-refractivity contribution in [2.75, 3.05) is 19.7 Å². The number of rotatable bonds is 9. The van der Waals surface area contributed by atoms with E-state index in [4.69, 9.17) is 4.74 Å². The third-order valence-electron chi connectivity index (χ3n) is 5.66. The minimum absolute atomic E-state index is 0.00572. The van der Waals surface area contributed by atoms with E-state index in [-0.39, 0.29) is 24.5 Å². The SMILES string of the molecule is Cc1ccsc1CN(Cc1ccccc1)C(=O)CN(CC1CCCO1)C(=O)c1cccs1. The summed E-state index contributed by atoms with van der Waals surface area (Å²) in [5, 5.41) is 3.94. The fourth-order valence-electron chi connectivity index (χ4n) is 3.85. The van der Waals surface area contributed by atoms with Gasteiger partial charge in [0.2, 0.25) is 5.91 Å². The molecule has 3 aromatic rings. The van der Waals surface area contributed by atoms with Gasteiger partial charge < -0.3 is 14.5 Å². The quantitative estimate of drug-likeness (QED) is 0.446. The predicted octanol–water partition coefficient (Wildman–Crippen LogP) is 4.97. The Bertz CT molecular complexity index is 1010. The van der Waals surface area contributed by atoms with Crippen molar-refractivity contribution >= 4 is 34.5 Å². The van der Waals surface area contributed by atoms with Crippen LogP contribution in [-0.4, -0.2) is 47.4 Å². The van der Waals surface area contributed by atoms with Gasteiger partial charge in [0.1, 0.15) is 6.54 Å². The summed E-state index contributed by atoms with van der Waals surface area (Å²) >= 11 is 3.07. The van der Waals surface area contributed by atoms with Crippen molar-refractivity contribution in [2.24, 2.45) is 0 Å². The summed E-state index contributed by atoms with van der Waals surface area (Å²) < 4.78 is 5.78. The molecule has 32 heavy (non-hydrogen) atoms. The van der Waals surface area contributed by atoms with Crippen LogP contribution in [0, 0.1) is 6.92 Å². The molecule has 2 amide bonds. The number of nitrogens with zero attached hydrogens (tertiary/aromatic N) is 2. The van der Waals surface area contributed by atoms with Crippen molar-refractivity contribution in [2.45, 2.75) is 39.0 Å². The van der Waals surface area contributed by atoms with Crippen LogP contribution in [0.25, 0.3) is 0 Å². The number of carbonyl (C=O) groups is 2. The molecule has 0 radical (unpaired) electrons. The third kappa shape index (κ3) is 5.85. The molecule has 1 fully saturated rings. The Labute approximate surface area is 197 Å². The van der Waals surface area contributed by atoms with E-state index < -0.39 is 0 Å². The molecule has 5 nitrogen and oxygen atoms in total. The lowest BCUT2D eigenvalue weighted by molar-refractivity contribution is -0.133. The maximum absolute atomic E-state index is 13.5. The van der Waals surface area contributed by atoms with Crippen LogP contribution in [0.2, 0.25) is 0 Å². The van der Waals surface area contributed by atoms with Crippen molar-refractivity contribution in [1.29, 1.82) is 0 Å². The molecule has 3 heterocycles. The number of hydrogen-bond donors (Lipinski definition) is 0. The Morgan fingerprint density at radius 2 is 1.84 bits per heavy atom. The Hall–Kier alpha value is -2.48. The van der Waals surface area contributed by atoms with E-state index >= 15 is 0 Å². The number of amides is 2. The first-order valence-corrected chi connectivity index (χ1v) is 12.6. The van der Waals surface area contributed by atoms with Gasteiger partial charge in [-0.2, -0.15) is 0 Å². The normalized spacial score (nSPS) is 15.6. The average Bonchev–Trinajstić information content (AvgIpc) is 3.57. The van der Waals surface area contributed by atoms with Gasteiger partial charge in [0.05, 0.1) is 17.5 Å². The van der Waals surface area contributed by atoms with Crippen LogP contribution in [0.5, 0.6) is 0 Å². The molecule has 168 valence electrons. The number of hydrogen-bond acceptors (Lipinski definition) is 5. The number of carbonyl (C=O) groups excluding carboxylic acids is 2. The van der Waals surface area contributed by atoms with Crippen LogP contribution < -0.4 is 0 Å². The van der Waals surface area contributed by atoms with Gasteiger partial charge in [0.15, 0.2) is 0 Å². The van der Waals surface area contributed by atoms with Crippen LogP contribution >= 0.6 is 22.7 Å². The highest BCUT2D eigenvalue weighted by molar-refractivity contribution is 7.12. The summed E-state index contributed by atoms with van der Waals surface area (Å²) in [5.74, 6) is -0.152. The summed E-state index contributed by atoms with van der Waals surface area (Å²) in [7, 11) is 0. The molecule has 4 rings (SSSR count). The molecule has 0 N–H and O–H groups in total. The lowest BCUT2D eigenvalue weighted by Gasteiger charge is -2.29. The maximum Gasteiger partial charge on any atom is 0.264 e. The monoisotopic (exact) mass is 468 g/mol. The van der Waals surface area contributed by atoms with Crippen molar-refractivity contribution in [3.8, 4) is 0 Å². The van der Waals surface area contributed by atoms with E-state index in [0.717, 1.165) is 25.0 Å². The highest BCUT2D eigenvalue weighted by atomic mass is 32.1. The van der Waals surface area contributed by atoms with E-state index in [0.29, 0.717) is 24.5 Å². The molecule has 1 atom stereocenters.